The minimum atomic E-state index is -3.64. The maximum atomic E-state index is 13.4. The number of hydrogen-bond acceptors (Lipinski definition) is 3. The van der Waals surface area contributed by atoms with Crippen LogP contribution < -0.4 is 5.32 Å². The van der Waals surface area contributed by atoms with Gasteiger partial charge in [-0.15, -0.1) is 0 Å². The van der Waals surface area contributed by atoms with Gasteiger partial charge < -0.3 is 5.32 Å². The molecule has 0 bridgehead atoms. The van der Waals surface area contributed by atoms with Gasteiger partial charge in [0, 0.05) is 23.6 Å². The first-order valence-electron chi connectivity index (χ1n) is 7.65. The van der Waals surface area contributed by atoms with Crippen LogP contribution in [0.3, 0.4) is 0 Å². The standard InChI is InChI=1S/C15H20BrFN2O2S/c16-14-4-3-12(17)9-15(14)22(20,21)19-7-5-13(6-8-19)18-10-11-1-2-11/h3-4,9,11,13,18H,1-2,5-8,10H2. The number of piperidine rings is 1. The minimum absolute atomic E-state index is 0.0110. The van der Waals surface area contributed by atoms with Crippen molar-refractivity contribution < 1.29 is 12.8 Å². The molecule has 0 amide bonds. The van der Waals surface area contributed by atoms with E-state index in [0.717, 1.165) is 31.4 Å². The molecule has 1 aromatic carbocycles. The van der Waals surface area contributed by atoms with E-state index >= 15 is 0 Å². The molecule has 3 rings (SSSR count). The predicted molar refractivity (Wildman–Crippen MR) is 86.6 cm³/mol. The van der Waals surface area contributed by atoms with Gasteiger partial charge in [0.25, 0.3) is 0 Å². The molecule has 1 aliphatic heterocycles. The molecule has 1 heterocycles. The van der Waals surface area contributed by atoms with Crippen LogP contribution in [0, 0.1) is 11.7 Å². The van der Waals surface area contributed by atoms with Crippen molar-refractivity contribution in [1.82, 2.24) is 9.62 Å². The molecular weight excluding hydrogens is 371 g/mol. The van der Waals surface area contributed by atoms with Crippen molar-refractivity contribution in [3.8, 4) is 0 Å². The number of halogens is 2. The van der Waals surface area contributed by atoms with Gasteiger partial charge in [0.15, 0.2) is 0 Å². The van der Waals surface area contributed by atoms with E-state index in [2.05, 4.69) is 21.2 Å². The van der Waals surface area contributed by atoms with E-state index < -0.39 is 15.8 Å². The van der Waals surface area contributed by atoms with Crippen molar-refractivity contribution in [3.05, 3.63) is 28.5 Å². The summed E-state index contributed by atoms with van der Waals surface area (Å²) in [5.41, 5.74) is 0. The number of hydrogen-bond donors (Lipinski definition) is 1. The summed E-state index contributed by atoms with van der Waals surface area (Å²) in [6.45, 7) is 2.01. The van der Waals surface area contributed by atoms with Crippen LogP contribution in [0.2, 0.25) is 0 Å². The molecule has 7 heteroatoms. The van der Waals surface area contributed by atoms with Gasteiger partial charge in [-0.2, -0.15) is 4.31 Å². The molecule has 2 aliphatic rings. The van der Waals surface area contributed by atoms with Crippen LogP contribution in [0.25, 0.3) is 0 Å². The molecule has 1 aromatic rings. The third kappa shape index (κ3) is 3.69. The molecule has 0 radical (unpaired) electrons. The van der Waals surface area contributed by atoms with Crippen LogP contribution in [0.5, 0.6) is 0 Å². The van der Waals surface area contributed by atoms with Gasteiger partial charge in [-0.25, -0.2) is 12.8 Å². The molecule has 4 nitrogen and oxygen atoms in total. The Morgan fingerprint density at radius 1 is 1.23 bits per heavy atom. The highest BCUT2D eigenvalue weighted by molar-refractivity contribution is 9.10. The third-order valence-electron chi connectivity index (χ3n) is 4.36. The Morgan fingerprint density at radius 2 is 1.91 bits per heavy atom. The summed E-state index contributed by atoms with van der Waals surface area (Å²) >= 11 is 3.21. The summed E-state index contributed by atoms with van der Waals surface area (Å²) in [6, 6.07) is 4.16. The average Bonchev–Trinajstić information content (AvgIpc) is 3.32. The number of rotatable bonds is 5. The van der Waals surface area contributed by atoms with E-state index in [1.807, 2.05) is 0 Å². The van der Waals surface area contributed by atoms with Crippen LogP contribution in [0.15, 0.2) is 27.6 Å². The second kappa shape index (κ2) is 6.55. The smallest absolute Gasteiger partial charge is 0.244 e. The zero-order chi connectivity index (χ0) is 15.7. The molecule has 0 spiro atoms. The van der Waals surface area contributed by atoms with Gasteiger partial charge in [0.05, 0.1) is 4.90 Å². The Balaban J connectivity index is 1.64. The Labute approximate surface area is 139 Å². The number of nitrogens with zero attached hydrogens (tertiary/aromatic N) is 1. The van der Waals surface area contributed by atoms with E-state index in [9.17, 15) is 12.8 Å². The van der Waals surface area contributed by atoms with Crippen LogP contribution in [0.1, 0.15) is 25.7 Å². The molecule has 1 N–H and O–H groups in total. The van der Waals surface area contributed by atoms with Crippen molar-refractivity contribution in [1.29, 1.82) is 0 Å². The highest BCUT2D eigenvalue weighted by Gasteiger charge is 2.31. The first-order valence-corrected chi connectivity index (χ1v) is 9.89. The summed E-state index contributed by atoms with van der Waals surface area (Å²) in [5.74, 6) is 0.285. The zero-order valence-electron chi connectivity index (χ0n) is 12.3. The third-order valence-corrected chi connectivity index (χ3v) is 7.25. The van der Waals surface area contributed by atoms with Crippen molar-refractivity contribution in [2.45, 2.75) is 36.6 Å². The average molecular weight is 391 g/mol. The quantitative estimate of drug-likeness (QED) is 0.840. The monoisotopic (exact) mass is 390 g/mol. The lowest BCUT2D eigenvalue weighted by Crippen LogP contribution is -2.45. The second-order valence-corrected chi connectivity index (χ2v) is 8.87. The molecule has 22 heavy (non-hydrogen) atoms. The number of benzene rings is 1. The molecule has 2 fully saturated rings. The Morgan fingerprint density at radius 3 is 2.55 bits per heavy atom. The lowest BCUT2D eigenvalue weighted by atomic mass is 10.1. The molecule has 0 atom stereocenters. The van der Waals surface area contributed by atoms with Gasteiger partial charge in [0.1, 0.15) is 5.82 Å². The van der Waals surface area contributed by atoms with E-state index in [1.165, 1.54) is 29.3 Å². The van der Waals surface area contributed by atoms with E-state index in [1.54, 1.807) is 0 Å². The highest BCUT2D eigenvalue weighted by Crippen LogP contribution is 2.29. The number of nitrogens with one attached hydrogen (secondary N) is 1. The predicted octanol–water partition coefficient (Wildman–Crippen LogP) is 2.74. The molecule has 1 saturated carbocycles. The van der Waals surface area contributed by atoms with Crippen LogP contribution in [-0.2, 0) is 10.0 Å². The fraction of sp³-hybridized carbons (Fsp3) is 0.600. The minimum Gasteiger partial charge on any atom is -0.314 e. The lowest BCUT2D eigenvalue weighted by molar-refractivity contribution is 0.288. The molecule has 1 aliphatic carbocycles. The van der Waals surface area contributed by atoms with Gasteiger partial charge >= 0.3 is 0 Å². The summed E-state index contributed by atoms with van der Waals surface area (Å²) in [4.78, 5) is 0.0110. The molecule has 122 valence electrons. The molecule has 0 unspecified atom stereocenters. The second-order valence-electron chi connectivity index (χ2n) is 6.10. The molecular formula is C15H20BrFN2O2S. The lowest BCUT2D eigenvalue weighted by Gasteiger charge is -2.32. The van der Waals surface area contributed by atoms with Crippen molar-refractivity contribution in [2.75, 3.05) is 19.6 Å². The summed E-state index contributed by atoms with van der Waals surface area (Å²) < 4.78 is 40.5. The van der Waals surface area contributed by atoms with E-state index in [0.29, 0.717) is 23.6 Å². The van der Waals surface area contributed by atoms with Gasteiger partial charge in [0.2, 0.25) is 10.0 Å². The molecule has 1 saturated heterocycles. The topological polar surface area (TPSA) is 49.4 Å². The van der Waals surface area contributed by atoms with Crippen molar-refractivity contribution >= 4 is 26.0 Å². The summed E-state index contributed by atoms with van der Waals surface area (Å²) in [5, 5.41) is 3.53. The Kier molecular flexibility index (Phi) is 4.87. The Bertz CT molecular complexity index is 641. The van der Waals surface area contributed by atoms with Gasteiger partial charge in [-0.1, -0.05) is 0 Å². The fourth-order valence-electron chi connectivity index (χ4n) is 2.77. The van der Waals surface area contributed by atoms with Crippen molar-refractivity contribution in [3.63, 3.8) is 0 Å². The van der Waals surface area contributed by atoms with Gasteiger partial charge in [-0.3, -0.25) is 0 Å². The maximum absolute atomic E-state index is 13.4. The van der Waals surface area contributed by atoms with Crippen LogP contribution in [-0.4, -0.2) is 38.4 Å². The summed E-state index contributed by atoms with van der Waals surface area (Å²) in [7, 11) is -3.64. The SMILES string of the molecule is O=S(=O)(c1cc(F)ccc1Br)N1CCC(NCC2CC2)CC1. The normalized spacial score (nSPS) is 21.2. The Hall–Kier alpha value is -0.500. The largest absolute Gasteiger partial charge is 0.314 e. The zero-order valence-corrected chi connectivity index (χ0v) is 14.7. The van der Waals surface area contributed by atoms with Crippen molar-refractivity contribution in [2.24, 2.45) is 5.92 Å². The summed E-state index contributed by atoms with van der Waals surface area (Å²) in [6.07, 6.45) is 4.24. The first kappa shape index (κ1) is 16.4. The maximum Gasteiger partial charge on any atom is 0.244 e. The van der Waals surface area contributed by atoms with E-state index in [4.69, 9.17) is 0 Å². The first-order chi connectivity index (χ1) is 10.5. The van der Waals surface area contributed by atoms with Crippen LogP contribution in [0.4, 0.5) is 4.39 Å². The van der Waals surface area contributed by atoms with E-state index in [-0.39, 0.29) is 4.90 Å². The molecule has 0 aromatic heterocycles. The highest BCUT2D eigenvalue weighted by atomic mass is 79.9. The number of sulfonamides is 1. The van der Waals surface area contributed by atoms with Crippen LogP contribution >= 0.6 is 15.9 Å². The fourth-order valence-corrected chi connectivity index (χ4v) is 5.18. The van der Waals surface area contributed by atoms with Gasteiger partial charge in [-0.05, 0) is 72.3 Å².